The zero-order valence-electron chi connectivity index (χ0n) is 19.3. The Kier molecular flexibility index (Phi) is 5.61. The number of hydrogen-bond donors (Lipinski definition) is 2. The number of aromatic nitrogens is 2. The minimum atomic E-state index is -0.566. The lowest BCUT2D eigenvalue weighted by molar-refractivity contribution is 0.0734. The number of para-hydroxylation sites is 2. The monoisotopic (exact) mass is 473 g/mol. The van der Waals surface area contributed by atoms with E-state index in [0.717, 1.165) is 16.6 Å². The van der Waals surface area contributed by atoms with Crippen LogP contribution >= 0.6 is 0 Å². The minimum absolute atomic E-state index is 0.258. The average molecular weight is 473 g/mol. The lowest BCUT2D eigenvalue weighted by Gasteiger charge is -2.23. The molecule has 0 fully saturated rings. The van der Waals surface area contributed by atoms with Crippen molar-refractivity contribution in [2.75, 3.05) is 26.6 Å². The number of ether oxygens (including phenoxy) is 4. The smallest absolute Gasteiger partial charge is 0.343 e. The molecular formula is C25H23N5O5. The third kappa shape index (κ3) is 3.95. The number of anilines is 1. The topological polar surface area (TPSA) is 122 Å². The Morgan fingerprint density at radius 2 is 1.66 bits per heavy atom. The van der Waals surface area contributed by atoms with E-state index < -0.39 is 12.1 Å². The highest BCUT2D eigenvalue weighted by Gasteiger charge is 2.25. The van der Waals surface area contributed by atoms with Gasteiger partial charge in [0.15, 0.2) is 23.6 Å². The molecule has 1 aromatic heterocycles. The van der Waals surface area contributed by atoms with Crippen LogP contribution in [0.1, 0.15) is 22.1 Å². The molecule has 0 amide bonds. The molecule has 0 spiro atoms. The summed E-state index contributed by atoms with van der Waals surface area (Å²) in [6.45, 7) is 0. The first kappa shape index (κ1) is 22.1. The van der Waals surface area contributed by atoms with Gasteiger partial charge >= 0.3 is 5.97 Å². The van der Waals surface area contributed by atoms with Crippen molar-refractivity contribution in [2.45, 2.75) is 6.17 Å². The molecule has 1 unspecified atom stereocenters. The third-order valence-corrected chi connectivity index (χ3v) is 5.63. The van der Waals surface area contributed by atoms with Gasteiger partial charge in [0, 0.05) is 0 Å². The largest absolute Gasteiger partial charge is 0.493 e. The highest BCUT2D eigenvalue weighted by atomic mass is 16.5. The van der Waals surface area contributed by atoms with E-state index in [0.29, 0.717) is 28.9 Å². The van der Waals surface area contributed by atoms with Gasteiger partial charge in [-0.2, -0.15) is 0 Å². The summed E-state index contributed by atoms with van der Waals surface area (Å²) in [6, 6.07) is 17.9. The molecular weight excluding hydrogens is 450 g/mol. The second-order valence-corrected chi connectivity index (χ2v) is 7.68. The highest BCUT2D eigenvalue weighted by Crippen LogP contribution is 2.38. The number of rotatable bonds is 6. The summed E-state index contributed by atoms with van der Waals surface area (Å²) >= 11 is 0. The van der Waals surface area contributed by atoms with Gasteiger partial charge < -0.3 is 24.7 Å². The highest BCUT2D eigenvalue weighted by molar-refractivity contribution is 5.95. The third-order valence-electron chi connectivity index (χ3n) is 5.63. The second kappa shape index (κ2) is 8.90. The van der Waals surface area contributed by atoms with E-state index in [9.17, 15) is 4.79 Å². The second-order valence-electron chi connectivity index (χ2n) is 7.68. The average Bonchev–Trinajstić information content (AvgIpc) is 3.25. The fourth-order valence-corrected chi connectivity index (χ4v) is 4.01. The molecule has 0 saturated heterocycles. The van der Waals surface area contributed by atoms with Crippen LogP contribution in [0.2, 0.25) is 0 Å². The number of imidazole rings is 1. The number of fused-ring (bicyclic) bond motifs is 3. The van der Waals surface area contributed by atoms with Crippen LogP contribution in [0.4, 0.5) is 5.95 Å². The van der Waals surface area contributed by atoms with Gasteiger partial charge in [-0.05, 0) is 42.0 Å². The summed E-state index contributed by atoms with van der Waals surface area (Å²) < 4.78 is 23.5. The first-order valence-corrected chi connectivity index (χ1v) is 10.7. The number of hydrogen-bond acceptors (Lipinski definition) is 9. The molecule has 10 heteroatoms. The number of aliphatic imine (C=N–C) groups is 1. The van der Waals surface area contributed by atoms with Crippen LogP contribution in [0.15, 0.2) is 65.7 Å². The standard InChI is InChI=1S/C25H23N5O5/c1-32-19-12-15(13-20(33-2)21(19)34-3)23(31)35-16-10-8-14(9-11-16)22-28-24(26)29-25-27-17-6-4-5-7-18(17)30(22)25/h4-13,22H,1-3H3,(H3,26,27,28,29). The van der Waals surface area contributed by atoms with Gasteiger partial charge in [0.05, 0.1) is 37.9 Å². The summed E-state index contributed by atoms with van der Waals surface area (Å²) in [5.41, 5.74) is 8.88. The Balaban J connectivity index is 1.41. The van der Waals surface area contributed by atoms with Crippen LogP contribution in [0.5, 0.6) is 23.0 Å². The predicted octanol–water partition coefficient (Wildman–Crippen LogP) is 3.57. The van der Waals surface area contributed by atoms with Gasteiger partial charge in [-0.15, -0.1) is 0 Å². The zero-order chi connectivity index (χ0) is 24.5. The molecule has 10 nitrogen and oxygen atoms in total. The lowest BCUT2D eigenvalue weighted by atomic mass is 10.1. The summed E-state index contributed by atoms with van der Waals surface area (Å²) in [7, 11) is 4.46. The molecule has 0 radical (unpaired) electrons. The maximum Gasteiger partial charge on any atom is 0.343 e. The number of carbonyl (C=O) groups is 1. The molecule has 0 saturated carbocycles. The van der Waals surface area contributed by atoms with Crippen LogP contribution in [0.3, 0.4) is 0 Å². The Morgan fingerprint density at radius 3 is 2.31 bits per heavy atom. The predicted molar refractivity (Wildman–Crippen MR) is 131 cm³/mol. The summed E-state index contributed by atoms with van der Waals surface area (Å²) in [5.74, 6) is 1.80. The Morgan fingerprint density at radius 1 is 0.971 bits per heavy atom. The van der Waals surface area contributed by atoms with Crippen LogP contribution < -0.4 is 30.0 Å². The maximum absolute atomic E-state index is 12.8. The van der Waals surface area contributed by atoms with Gasteiger partial charge in [-0.1, -0.05) is 24.3 Å². The van der Waals surface area contributed by atoms with Crippen LogP contribution in [-0.4, -0.2) is 42.8 Å². The van der Waals surface area contributed by atoms with Crippen molar-refractivity contribution >= 4 is 28.9 Å². The lowest BCUT2D eigenvalue weighted by Crippen LogP contribution is -2.31. The van der Waals surface area contributed by atoms with Gasteiger partial charge in [-0.25, -0.2) is 14.8 Å². The Bertz CT molecular complexity index is 1420. The number of benzene rings is 3. The maximum atomic E-state index is 12.8. The number of nitrogens with one attached hydrogen (secondary N) is 1. The van der Waals surface area contributed by atoms with Crippen molar-refractivity contribution in [3.8, 4) is 23.0 Å². The molecule has 1 aliphatic rings. The number of nitrogens with two attached hydrogens (primary N) is 1. The van der Waals surface area contributed by atoms with Crippen molar-refractivity contribution in [1.82, 2.24) is 9.55 Å². The van der Waals surface area contributed by atoms with Crippen molar-refractivity contribution in [2.24, 2.45) is 10.7 Å². The molecule has 0 aliphatic carbocycles. The van der Waals surface area contributed by atoms with E-state index >= 15 is 0 Å². The molecule has 4 aromatic rings. The fraction of sp³-hybridized carbons (Fsp3) is 0.160. The number of carbonyl (C=O) groups excluding carboxylic acids is 1. The van der Waals surface area contributed by atoms with E-state index in [4.69, 9.17) is 24.7 Å². The van der Waals surface area contributed by atoms with Gasteiger partial charge in [0.1, 0.15) is 5.75 Å². The Hall–Kier alpha value is -4.73. The molecule has 3 aromatic carbocycles. The minimum Gasteiger partial charge on any atom is -0.493 e. The molecule has 1 atom stereocenters. The quantitative estimate of drug-likeness (QED) is 0.322. The van der Waals surface area contributed by atoms with Gasteiger partial charge in [0.2, 0.25) is 11.7 Å². The molecule has 3 N–H and O–H groups in total. The number of guanidine groups is 1. The Labute approximate surface area is 200 Å². The van der Waals surface area contributed by atoms with Gasteiger partial charge in [-0.3, -0.25) is 9.88 Å². The molecule has 35 heavy (non-hydrogen) atoms. The zero-order valence-corrected chi connectivity index (χ0v) is 19.3. The SMILES string of the molecule is COc1cc(C(=O)Oc2ccc(C3N=C(N)Nc4nc5ccccc5n43)cc2)cc(OC)c1OC. The molecule has 5 rings (SSSR count). The van der Waals surface area contributed by atoms with E-state index in [1.807, 2.05) is 41.0 Å². The van der Waals surface area contributed by atoms with Crippen molar-refractivity contribution in [3.05, 3.63) is 71.8 Å². The van der Waals surface area contributed by atoms with Crippen LogP contribution in [-0.2, 0) is 0 Å². The summed E-state index contributed by atoms with van der Waals surface area (Å²) in [5, 5.41) is 3.01. The number of methoxy groups -OCH3 is 3. The normalized spacial score (nSPS) is 14.5. The van der Waals surface area contributed by atoms with Gasteiger partial charge in [0.25, 0.3) is 0 Å². The van der Waals surface area contributed by atoms with E-state index in [1.54, 1.807) is 12.1 Å². The molecule has 178 valence electrons. The van der Waals surface area contributed by atoms with E-state index in [-0.39, 0.29) is 11.5 Å². The van der Waals surface area contributed by atoms with Crippen molar-refractivity contribution < 1.29 is 23.7 Å². The summed E-state index contributed by atoms with van der Waals surface area (Å²) in [6.07, 6.45) is -0.418. The van der Waals surface area contributed by atoms with Crippen molar-refractivity contribution in [3.63, 3.8) is 0 Å². The fourth-order valence-electron chi connectivity index (χ4n) is 4.01. The molecule has 1 aliphatic heterocycles. The van der Waals surface area contributed by atoms with Crippen LogP contribution in [0, 0.1) is 0 Å². The first-order chi connectivity index (χ1) is 17.0. The van der Waals surface area contributed by atoms with Crippen LogP contribution in [0.25, 0.3) is 11.0 Å². The van der Waals surface area contributed by atoms with E-state index in [2.05, 4.69) is 15.3 Å². The number of esters is 1. The molecule has 0 bridgehead atoms. The van der Waals surface area contributed by atoms with Crippen molar-refractivity contribution in [1.29, 1.82) is 0 Å². The molecule has 2 heterocycles. The summed E-state index contributed by atoms with van der Waals surface area (Å²) in [4.78, 5) is 22.0. The number of nitrogens with zero attached hydrogens (tertiary/aromatic N) is 3. The van der Waals surface area contributed by atoms with E-state index in [1.165, 1.54) is 33.5 Å². The first-order valence-electron chi connectivity index (χ1n) is 10.7.